The first-order valence-electron chi connectivity index (χ1n) is 11.6. The summed E-state index contributed by atoms with van der Waals surface area (Å²) in [7, 11) is 0. The first-order valence-corrected chi connectivity index (χ1v) is 12.4. The van der Waals surface area contributed by atoms with Crippen LogP contribution in [0.1, 0.15) is 6.42 Å². The number of para-hydroxylation sites is 1. The summed E-state index contributed by atoms with van der Waals surface area (Å²) in [5.74, 6) is 0.730. The molecule has 9 nitrogen and oxygen atoms in total. The van der Waals surface area contributed by atoms with Crippen molar-refractivity contribution in [2.24, 2.45) is 0 Å². The van der Waals surface area contributed by atoms with Gasteiger partial charge in [-0.05, 0) is 42.8 Å². The summed E-state index contributed by atoms with van der Waals surface area (Å²) in [6, 6.07) is 14.5. The van der Waals surface area contributed by atoms with Crippen LogP contribution in [0.15, 0.2) is 65.8 Å². The van der Waals surface area contributed by atoms with Gasteiger partial charge in [-0.1, -0.05) is 29.3 Å². The Kier molecular flexibility index (Phi) is 4.92. The monoisotopic (exact) mass is 518 g/mol. The lowest BCUT2D eigenvalue weighted by Crippen LogP contribution is -2.43. The van der Waals surface area contributed by atoms with Gasteiger partial charge in [0.1, 0.15) is 5.39 Å². The second-order valence-electron chi connectivity index (χ2n) is 9.06. The summed E-state index contributed by atoms with van der Waals surface area (Å²) in [5, 5.41) is 7.78. The van der Waals surface area contributed by atoms with Crippen LogP contribution in [-0.4, -0.2) is 49.1 Å². The number of nitrogens with zero attached hydrogens (tertiary/aromatic N) is 6. The average Bonchev–Trinajstić information content (AvgIpc) is 3.64. The SMILES string of the molecule is O=c1c2cnc(Nc3ccc(N4C[C@H]5C[C@@H]4CN5)cc3)nc2n2ccnc2n1-c1c(Cl)cccc1Cl. The highest BCUT2D eigenvalue weighted by molar-refractivity contribution is 6.37. The van der Waals surface area contributed by atoms with E-state index >= 15 is 0 Å². The number of halogens is 2. The van der Waals surface area contributed by atoms with Crippen LogP contribution in [0.3, 0.4) is 0 Å². The van der Waals surface area contributed by atoms with Crippen LogP contribution in [0.5, 0.6) is 0 Å². The van der Waals surface area contributed by atoms with Crippen molar-refractivity contribution in [3.63, 3.8) is 0 Å². The van der Waals surface area contributed by atoms with E-state index in [4.69, 9.17) is 23.2 Å². The van der Waals surface area contributed by atoms with Crippen LogP contribution < -0.4 is 21.1 Å². The quantitative estimate of drug-likeness (QED) is 0.371. The molecule has 0 amide bonds. The van der Waals surface area contributed by atoms with E-state index < -0.39 is 0 Å². The molecule has 2 atom stereocenters. The Morgan fingerprint density at radius 3 is 2.58 bits per heavy atom. The van der Waals surface area contributed by atoms with Gasteiger partial charge in [0.2, 0.25) is 11.7 Å². The number of anilines is 3. The normalized spacial score (nSPS) is 19.0. The van der Waals surface area contributed by atoms with Crippen LogP contribution in [0.2, 0.25) is 10.0 Å². The van der Waals surface area contributed by atoms with Crippen molar-refractivity contribution in [1.29, 1.82) is 0 Å². The van der Waals surface area contributed by atoms with E-state index in [9.17, 15) is 4.79 Å². The molecule has 0 radical (unpaired) electrons. The molecule has 0 spiro atoms. The smallest absolute Gasteiger partial charge is 0.270 e. The molecule has 2 bridgehead atoms. The third-order valence-electron chi connectivity index (χ3n) is 6.92. The van der Waals surface area contributed by atoms with E-state index in [1.54, 1.807) is 35.0 Å². The van der Waals surface area contributed by atoms with Gasteiger partial charge in [-0.2, -0.15) is 4.98 Å². The number of fused-ring (bicyclic) bond motifs is 5. The van der Waals surface area contributed by atoms with Gasteiger partial charge in [-0.3, -0.25) is 9.20 Å². The van der Waals surface area contributed by atoms with Crippen LogP contribution >= 0.6 is 23.2 Å². The molecule has 5 heterocycles. The first kappa shape index (κ1) is 21.6. The van der Waals surface area contributed by atoms with Crippen molar-refractivity contribution in [3.8, 4) is 5.69 Å². The number of aromatic nitrogens is 5. The van der Waals surface area contributed by atoms with Crippen molar-refractivity contribution in [1.82, 2.24) is 29.2 Å². The fourth-order valence-corrected chi connectivity index (χ4v) is 5.82. The van der Waals surface area contributed by atoms with Gasteiger partial charge in [0.15, 0.2) is 5.65 Å². The minimum Gasteiger partial charge on any atom is -0.366 e. The van der Waals surface area contributed by atoms with E-state index in [-0.39, 0.29) is 5.56 Å². The summed E-state index contributed by atoms with van der Waals surface area (Å²) >= 11 is 12.8. The number of hydrogen-bond donors (Lipinski definition) is 2. The predicted octanol–water partition coefficient (Wildman–Crippen LogP) is 4.03. The first-order chi connectivity index (χ1) is 17.6. The lowest BCUT2D eigenvalue weighted by molar-refractivity contribution is 0.580. The number of rotatable bonds is 4. The Hall–Kier alpha value is -3.66. The Morgan fingerprint density at radius 1 is 1.06 bits per heavy atom. The standard InChI is InChI=1S/C25H20Cl2N8O/c26-19-2-1-3-20(27)21(19)35-23(36)18-12-30-24(32-22(18)33-9-8-28-25(33)35)31-14-4-6-16(7-5-14)34-13-15-10-17(34)11-29-15/h1-9,12,15,17,29H,10-11,13H2,(H,30,31,32)/t15-,17-/m1/s1. The highest BCUT2D eigenvalue weighted by atomic mass is 35.5. The summed E-state index contributed by atoms with van der Waals surface area (Å²) in [6.45, 7) is 2.09. The van der Waals surface area contributed by atoms with Crippen molar-refractivity contribution >= 4 is 57.3 Å². The molecule has 180 valence electrons. The second kappa shape index (κ2) is 8.19. The number of imidazole rings is 1. The van der Waals surface area contributed by atoms with Crippen molar-refractivity contribution in [2.75, 3.05) is 23.3 Å². The fourth-order valence-electron chi connectivity index (χ4n) is 5.25. The highest BCUT2D eigenvalue weighted by Gasteiger charge is 2.37. The van der Waals surface area contributed by atoms with Crippen LogP contribution in [-0.2, 0) is 0 Å². The average molecular weight is 519 g/mol. The lowest BCUT2D eigenvalue weighted by Gasteiger charge is -2.29. The molecule has 0 saturated carbocycles. The van der Waals surface area contributed by atoms with E-state index in [1.807, 2.05) is 12.1 Å². The summed E-state index contributed by atoms with van der Waals surface area (Å²) < 4.78 is 3.12. The summed E-state index contributed by atoms with van der Waals surface area (Å²) in [5.41, 5.74) is 2.52. The molecule has 2 aliphatic heterocycles. The fraction of sp³-hybridized carbons (Fsp3) is 0.200. The van der Waals surface area contributed by atoms with Gasteiger partial charge in [-0.15, -0.1) is 0 Å². The van der Waals surface area contributed by atoms with Gasteiger partial charge in [-0.25, -0.2) is 14.5 Å². The third-order valence-corrected chi connectivity index (χ3v) is 7.53. The van der Waals surface area contributed by atoms with Crippen molar-refractivity contribution in [3.05, 3.63) is 81.5 Å². The second-order valence-corrected chi connectivity index (χ2v) is 9.87. The number of piperazine rings is 1. The maximum absolute atomic E-state index is 13.5. The Bertz CT molecular complexity index is 1680. The van der Waals surface area contributed by atoms with Crippen molar-refractivity contribution in [2.45, 2.75) is 18.5 Å². The van der Waals surface area contributed by atoms with E-state index in [0.717, 1.165) is 18.8 Å². The zero-order chi connectivity index (χ0) is 24.4. The van der Waals surface area contributed by atoms with E-state index in [0.29, 0.717) is 50.6 Å². The lowest BCUT2D eigenvalue weighted by atomic mass is 10.2. The molecule has 2 aromatic carbocycles. The van der Waals surface area contributed by atoms with E-state index in [1.165, 1.54) is 22.9 Å². The highest BCUT2D eigenvalue weighted by Crippen LogP contribution is 2.31. The Balaban J connectivity index is 1.26. The number of nitrogens with one attached hydrogen (secondary N) is 2. The van der Waals surface area contributed by atoms with Crippen molar-refractivity contribution < 1.29 is 0 Å². The molecule has 2 saturated heterocycles. The maximum Gasteiger partial charge on any atom is 0.270 e. The molecular formula is C25H20Cl2N8O. The molecule has 2 fully saturated rings. The van der Waals surface area contributed by atoms with E-state index in [2.05, 4.69) is 42.6 Å². The molecule has 0 aliphatic carbocycles. The largest absolute Gasteiger partial charge is 0.366 e. The van der Waals surface area contributed by atoms with Gasteiger partial charge < -0.3 is 15.5 Å². The van der Waals surface area contributed by atoms with Gasteiger partial charge in [0.05, 0.1) is 15.7 Å². The molecule has 11 heteroatoms. The number of hydrogen-bond acceptors (Lipinski definition) is 7. The van der Waals surface area contributed by atoms with Crippen LogP contribution in [0, 0.1) is 0 Å². The summed E-state index contributed by atoms with van der Waals surface area (Å²) in [6.07, 6.45) is 6.06. The minimum absolute atomic E-state index is 0.315. The number of benzene rings is 2. The predicted molar refractivity (Wildman–Crippen MR) is 141 cm³/mol. The molecule has 2 N–H and O–H groups in total. The maximum atomic E-state index is 13.5. The molecular weight excluding hydrogens is 499 g/mol. The Labute approximate surface area is 215 Å². The molecule has 3 aromatic heterocycles. The molecule has 2 aliphatic rings. The zero-order valence-corrected chi connectivity index (χ0v) is 20.4. The molecule has 0 unspecified atom stereocenters. The van der Waals surface area contributed by atoms with Gasteiger partial charge in [0.25, 0.3) is 5.56 Å². The molecule has 36 heavy (non-hydrogen) atoms. The summed E-state index contributed by atoms with van der Waals surface area (Å²) in [4.78, 5) is 29.4. The molecule has 5 aromatic rings. The van der Waals surface area contributed by atoms with Gasteiger partial charge >= 0.3 is 0 Å². The van der Waals surface area contributed by atoms with Crippen LogP contribution in [0.25, 0.3) is 22.5 Å². The third kappa shape index (κ3) is 3.35. The zero-order valence-electron chi connectivity index (χ0n) is 18.9. The topological polar surface area (TPSA) is 92.4 Å². The van der Waals surface area contributed by atoms with Gasteiger partial charge in [0, 0.05) is 55.1 Å². The van der Waals surface area contributed by atoms with Crippen LogP contribution in [0.4, 0.5) is 17.3 Å². The molecule has 7 rings (SSSR count). The minimum atomic E-state index is -0.357. The Morgan fingerprint density at radius 2 is 1.86 bits per heavy atom.